The summed E-state index contributed by atoms with van der Waals surface area (Å²) in [5, 5.41) is 5.92. The Morgan fingerprint density at radius 2 is 1.65 bits per heavy atom. The smallest absolute Gasteiger partial charge is 0.315 e. The molecule has 1 fully saturated rings. The van der Waals surface area contributed by atoms with Gasteiger partial charge in [-0.05, 0) is 30.5 Å². The van der Waals surface area contributed by atoms with Crippen LogP contribution in [-0.2, 0) is 6.54 Å². The fraction of sp³-hybridized carbons (Fsp3) is 0.588. The maximum atomic E-state index is 12.0. The van der Waals surface area contributed by atoms with Crippen LogP contribution < -0.4 is 24.8 Å². The molecule has 23 heavy (non-hydrogen) atoms. The van der Waals surface area contributed by atoms with E-state index in [9.17, 15) is 4.79 Å². The van der Waals surface area contributed by atoms with Gasteiger partial charge in [0.1, 0.15) is 0 Å². The predicted molar refractivity (Wildman–Crippen MR) is 88.3 cm³/mol. The lowest BCUT2D eigenvalue weighted by Gasteiger charge is -2.23. The summed E-state index contributed by atoms with van der Waals surface area (Å²) in [6.07, 6.45) is 5.79. The molecule has 6 heteroatoms. The first-order valence-corrected chi connectivity index (χ1v) is 8.01. The molecular formula is C17H26N2O4. The van der Waals surface area contributed by atoms with E-state index in [1.807, 2.05) is 12.1 Å². The molecule has 128 valence electrons. The second kappa shape index (κ2) is 8.50. The molecule has 0 bridgehead atoms. The van der Waals surface area contributed by atoms with Crippen molar-refractivity contribution in [2.75, 3.05) is 21.3 Å². The highest BCUT2D eigenvalue weighted by Gasteiger charge is 2.16. The van der Waals surface area contributed by atoms with Gasteiger partial charge < -0.3 is 24.8 Å². The van der Waals surface area contributed by atoms with Crippen LogP contribution in [0.4, 0.5) is 4.79 Å². The summed E-state index contributed by atoms with van der Waals surface area (Å²) >= 11 is 0. The van der Waals surface area contributed by atoms with E-state index in [4.69, 9.17) is 14.2 Å². The number of rotatable bonds is 6. The van der Waals surface area contributed by atoms with Crippen LogP contribution in [-0.4, -0.2) is 33.4 Å². The molecule has 6 nitrogen and oxygen atoms in total. The topological polar surface area (TPSA) is 68.8 Å². The van der Waals surface area contributed by atoms with Crippen LogP contribution >= 0.6 is 0 Å². The number of ether oxygens (including phenoxy) is 3. The van der Waals surface area contributed by atoms with Crippen molar-refractivity contribution in [2.24, 2.45) is 0 Å². The molecule has 0 spiro atoms. The number of hydrogen-bond donors (Lipinski definition) is 2. The Labute approximate surface area is 137 Å². The molecule has 1 aliphatic carbocycles. The first-order valence-electron chi connectivity index (χ1n) is 8.01. The molecule has 0 unspecified atom stereocenters. The van der Waals surface area contributed by atoms with Crippen molar-refractivity contribution in [3.63, 3.8) is 0 Å². The van der Waals surface area contributed by atoms with Gasteiger partial charge in [-0.2, -0.15) is 0 Å². The average Bonchev–Trinajstić information content (AvgIpc) is 2.59. The van der Waals surface area contributed by atoms with Gasteiger partial charge in [-0.1, -0.05) is 19.3 Å². The standard InChI is InChI=1S/C17H26N2O4/c1-21-14-9-12(10-15(22-2)16(14)23-3)11-18-17(20)19-13-7-5-4-6-8-13/h9-10,13H,4-8,11H2,1-3H3,(H2,18,19,20). The van der Waals surface area contributed by atoms with E-state index in [2.05, 4.69) is 10.6 Å². The summed E-state index contributed by atoms with van der Waals surface area (Å²) in [6, 6.07) is 3.83. The Hall–Kier alpha value is -2.11. The fourth-order valence-corrected chi connectivity index (χ4v) is 2.90. The fourth-order valence-electron chi connectivity index (χ4n) is 2.90. The van der Waals surface area contributed by atoms with Crippen LogP contribution in [0.25, 0.3) is 0 Å². The van der Waals surface area contributed by atoms with Crippen LogP contribution in [0.3, 0.4) is 0 Å². The van der Waals surface area contributed by atoms with E-state index in [0.717, 1.165) is 18.4 Å². The van der Waals surface area contributed by atoms with Crippen molar-refractivity contribution >= 4 is 6.03 Å². The number of carbonyl (C=O) groups is 1. The highest BCUT2D eigenvalue weighted by atomic mass is 16.5. The predicted octanol–water partition coefficient (Wildman–Crippen LogP) is 2.84. The van der Waals surface area contributed by atoms with Gasteiger partial charge in [0.15, 0.2) is 11.5 Å². The number of carbonyl (C=O) groups excluding carboxylic acids is 1. The minimum atomic E-state index is -0.134. The molecule has 1 aromatic carbocycles. The third-order valence-corrected chi connectivity index (χ3v) is 4.12. The van der Waals surface area contributed by atoms with Crippen molar-refractivity contribution < 1.29 is 19.0 Å². The number of hydrogen-bond acceptors (Lipinski definition) is 4. The Kier molecular flexibility index (Phi) is 6.38. The van der Waals surface area contributed by atoms with Crippen LogP contribution in [0.2, 0.25) is 0 Å². The minimum absolute atomic E-state index is 0.134. The lowest BCUT2D eigenvalue weighted by molar-refractivity contribution is 0.232. The molecule has 0 aromatic heterocycles. The second-order valence-corrected chi connectivity index (χ2v) is 5.70. The van der Waals surface area contributed by atoms with Crippen molar-refractivity contribution in [3.8, 4) is 17.2 Å². The molecule has 0 radical (unpaired) electrons. The lowest BCUT2D eigenvalue weighted by Crippen LogP contribution is -2.42. The van der Waals surface area contributed by atoms with Gasteiger partial charge in [-0.3, -0.25) is 0 Å². The SMILES string of the molecule is COc1cc(CNC(=O)NC2CCCCC2)cc(OC)c1OC. The molecule has 2 N–H and O–H groups in total. The van der Waals surface area contributed by atoms with E-state index in [1.165, 1.54) is 19.3 Å². The van der Waals surface area contributed by atoms with Crippen LogP contribution in [0, 0.1) is 0 Å². The highest BCUT2D eigenvalue weighted by Crippen LogP contribution is 2.38. The molecule has 0 saturated heterocycles. The number of nitrogens with one attached hydrogen (secondary N) is 2. The largest absolute Gasteiger partial charge is 0.493 e. The van der Waals surface area contributed by atoms with Gasteiger partial charge in [-0.15, -0.1) is 0 Å². The monoisotopic (exact) mass is 322 g/mol. The van der Waals surface area contributed by atoms with E-state index in [0.29, 0.717) is 29.8 Å². The summed E-state index contributed by atoms with van der Waals surface area (Å²) in [4.78, 5) is 12.0. The second-order valence-electron chi connectivity index (χ2n) is 5.70. The average molecular weight is 322 g/mol. The van der Waals surface area contributed by atoms with Gasteiger partial charge in [0.25, 0.3) is 0 Å². The summed E-state index contributed by atoms with van der Waals surface area (Å²) in [7, 11) is 4.71. The molecule has 1 aliphatic rings. The highest BCUT2D eigenvalue weighted by molar-refractivity contribution is 5.74. The molecule has 2 amide bonds. The molecule has 0 aliphatic heterocycles. The number of benzene rings is 1. The Morgan fingerprint density at radius 3 is 2.17 bits per heavy atom. The Morgan fingerprint density at radius 1 is 1.04 bits per heavy atom. The van der Waals surface area contributed by atoms with E-state index < -0.39 is 0 Å². The Bertz CT molecular complexity index is 502. The van der Waals surface area contributed by atoms with Crippen LogP contribution in [0.5, 0.6) is 17.2 Å². The maximum Gasteiger partial charge on any atom is 0.315 e. The quantitative estimate of drug-likeness (QED) is 0.845. The number of amides is 2. The van der Waals surface area contributed by atoms with Gasteiger partial charge in [-0.25, -0.2) is 4.79 Å². The molecule has 0 heterocycles. The number of methoxy groups -OCH3 is 3. The molecule has 0 atom stereocenters. The normalized spacial score (nSPS) is 14.9. The lowest BCUT2D eigenvalue weighted by atomic mass is 9.96. The summed E-state index contributed by atoms with van der Waals surface area (Å²) in [5.41, 5.74) is 0.887. The minimum Gasteiger partial charge on any atom is -0.493 e. The van der Waals surface area contributed by atoms with Crippen molar-refractivity contribution in [2.45, 2.75) is 44.7 Å². The first-order chi connectivity index (χ1) is 11.2. The molecule has 1 aromatic rings. The first kappa shape index (κ1) is 17.2. The van der Waals surface area contributed by atoms with Gasteiger partial charge in [0.05, 0.1) is 21.3 Å². The molecule has 2 rings (SSSR count). The van der Waals surface area contributed by atoms with Crippen molar-refractivity contribution in [1.29, 1.82) is 0 Å². The molecular weight excluding hydrogens is 296 g/mol. The zero-order valence-electron chi connectivity index (χ0n) is 14.1. The number of urea groups is 1. The van der Waals surface area contributed by atoms with Gasteiger partial charge in [0, 0.05) is 12.6 Å². The van der Waals surface area contributed by atoms with Crippen LogP contribution in [0.1, 0.15) is 37.7 Å². The van der Waals surface area contributed by atoms with Gasteiger partial charge in [0.2, 0.25) is 5.75 Å². The van der Waals surface area contributed by atoms with Gasteiger partial charge >= 0.3 is 6.03 Å². The van der Waals surface area contributed by atoms with Crippen LogP contribution in [0.15, 0.2) is 12.1 Å². The maximum absolute atomic E-state index is 12.0. The molecule has 1 saturated carbocycles. The zero-order valence-corrected chi connectivity index (χ0v) is 14.1. The third-order valence-electron chi connectivity index (χ3n) is 4.12. The Balaban J connectivity index is 1.95. The van der Waals surface area contributed by atoms with Crippen molar-refractivity contribution in [1.82, 2.24) is 10.6 Å². The van der Waals surface area contributed by atoms with E-state index in [-0.39, 0.29) is 6.03 Å². The zero-order chi connectivity index (χ0) is 16.7. The van der Waals surface area contributed by atoms with Crippen molar-refractivity contribution in [3.05, 3.63) is 17.7 Å². The summed E-state index contributed by atoms with van der Waals surface area (Å²) in [6.45, 7) is 0.398. The summed E-state index contributed by atoms with van der Waals surface area (Å²) < 4.78 is 15.9. The van der Waals surface area contributed by atoms with E-state index >= 15 is 0 Å². The van der Waals surface area contributed by atoms with E-state index in [1.54, 1.807) is 21.3 Å². The third kappa shape index (κ3) is 4.68. The summed E-state index contributed by atoms with van der Waals surface area (Å²) in [5.74, 6) is 1.71.